The summed E-state index contributed by atoms with van der Waals surface area (Å²) >= 11 is 0. The van der Waals surface area contributed by atoms with Crippen LogP contribution in [0.1, 0.15) is 92.9 Å². The zero-order valence-corrected chi connectivity index (χ0v) is 19.1. The van der Waals surface area contributed by atoms with Crippen molar-refractivity contribution in [2.24, 2.45) is 0 Å². The number of rotatable bonds is 14. The Bertz CT molecular complexity index is 297. The van der Waals surface area contributed by atoms with Crippen LogP contribution in [0.5, 0.6) is 0 Å². The van der Waals surface area contributed by atoms with Gasteiger partial charge in [-0.1, -0.05) is 87.8 Å². The van der Waals surface area contributed by atoms with Gasteiger partial charge in [-0.2, -0.15) is 0 Å². The standard InChI is InChI=1S/C20H42OSi2/c1-7-9-11-13-15-22(17-19(3)4)21-23(18-20(5)6)16-14-12-10-8-2/h17-18,22-23H,7-16H2,1-6H3. The predicted molar refractivity (Wildman–Crippen MR) is 112 cm³/mol. The Kier molecular flexibility index (Phi) is 15.3. The van der Waals surface area contributed by atoms with Gasteiger partial charge in [0.15, 0.2) is 18.1 Å². The highest BCUT2D eigenvalue weighted by Crippen LogP contribution is 2.15. The topological polar surface area (TPSA) is 9.23 Å². The first-order chi connectivity index (χ1) is 11.0. The summed E-state index contributed by atoms with van der Waals surface area (Å²) in [5, 5.41) is 0. The first-order valence-corrected chi connectivity index (χ1v) is 13.9. The average molecular weight is 355 g/mol. The molecule has 0 saturated heterocycles. The first kappa shape index (κ1) is 22.9. The fourth-order valence-corrected chi connectivity index (χ4v) is 9.61. The fraction of sp³-hybridized carbons (Fsp3) is 0.800. The molecule has 3 heteroatoms. The highest BCUT2D eigenvalue weighted by atomic mass is 28.4. The van der Waals surface area contributed by atoms with Crippen LogP contribution < -0.4 is 0 Å². The summed E-state index contributed by atoms with van der Waals surface area (Å²) in [6.45, 7) is 13.5. The monoisotopic (exact) mass is 354 g/mol. The Morgan fingerprint density at radius 3 is 1.35 bits per heavy atom. The number of unbranched alkanes of at least 4 members (excludes halogenated alkanes) is 6. The summed E-state index contributed by atoms with van der Waals surface area (Å²) in [5.41, 5.74) is 7.90. The van der Waals surface area contributed by atoms with Gasteiger partial charge < -0.3 is 4.12 Å². The lowest BCUT2D eigenvalue weighted by Crippen LogP contribution is -2.27. The predicted octanol–water partition coefficient (Wildman–Crippen LogP) is 6.62. The molecule has 0 radical (unpaired) electrons. The number of hydrogen-bond acceptors (Lipinski definition) is 1. The Labute approximate surface area is 150 Å². The van der Waals surface area contributed by atoms with Gasteiger partial charge in [-0.15, -0.1) is 0 Å². The SMILES string of the molecule is CCCCCC[SiH](C=C(C)C)O[SiH](C=C(C)C)CCCCCC. The third-order valence-corrected chi connectivity index (χ3v) is 10.9. The van der Waals surface area contributed by atoms with Gasteiger partial charge in [-0.25, -0.2) is 0 Å². The van der Waals surface area contributed by atoms with E-state index in [1.54, 1.807) is 0 Å². The zero-order chi connectivity index (χ0) is 17.5. The minimum atomic E-state index is -1.15. The molecule has 0 N–H and O–H groups in total. The number of hydrogen-bond donors (Lipinski definition) is 0. The Morgan fingerprint density at radius 2 is 1.04 bits per heavy atom. The van der Waals surface area contributed by atoms with E-state index >= 15 is 0 Å². The Hall–Kier alpha value is -0.126. The smallest absolute Gasteiger partial charge is 0.188 e. The van der Waals surface area contributed by atoms with Gasteiger partial charge >= 0.3 is 0 Å². The van der Waals surface area contributed by atoms with Crippen LogP contribution in [0, 0.1) is 0 Å². The van der Waals surface area contributed by atoms with Gasteiger partial charge in [-0.3, -0.25) is 0 Å². The lowest BCUT2D eigenvalue weighted by atomic mass is 10.2. The lowest BCUT2D eigenvalue weighted by Gasteiger charge is -2.20. The summed E-state index contributed by atoms with van der Waals surface area (Å²) in [6.07, 6.45) is 10.9. The third kappa shape index (κ3) is 15.2. The zero-order valence-electron chi connectivity index (χ0n) is 16.8. The maximum Gasteiger partial charge on any atom is 0.188 e. The molecule has 2 atom stereocenters. The van der Waals surface area contributed by atoms with Gasteiger partial charge in [0.1, 0.15) is 0 Å². The van der Waals surface area contributed by atoms with Crippen LogP contribution in [0.25, 0.3) is 0 Å². The second kappa shape index (κ2) is 15.4. The quantitative estimate of drug-likeness (QED) is 0.251. The van der Waals surface area contributed by atoms with E-state index < -0.39 is 18.1 Å². The van der Waals surface area contributed by atoms with Crippen LogP contribution in [-0.2, 0) is 4.12 Å². The van der Waals surface area contributed by atoms with Gasteiger partial charge in [0.2, 0.25) is 0 Å². The highest BCUT2D eigenvalue weighted by molar-refractivity contribution is 6.71. The molecule has 23 heavy (non-hydrogen) atoms. The van der Waals surface area contributed by atoms with E-state index in [1.807, 2.05) is 0 Å². The van der Waals surface area contributed by atoms with E-state index in [9.17, 15) is 0 Å². The second-order valence-electron chi connectivity index (χ2n) is 7.40. The van der Waals surface area contributed by atoms with Crippen molar-refractivity contribution >= 4 is 18.1 Å². The highest BCUT2D eigenvalue weighted by Gasteiger charge is 2.16. The average Bonchev–Trinajstić information content (AvgIpc) is 2.46. The van der Waals surface area contributed by atoms with Crippen molar-refractivity contribution < 1.29 is 4.12 Å². The molecule has 0 aliphatic heterocycles. The minimum absolute atomic E-state index is 1.15. The van der Waals surface area contributed by atoms with Gasteiger partial charge in [0, 0.05) is 0 Å². The normalized spacial score (nSPS) is 13.5. The van der Waals surface area contributed by atoms with Crippen LogP contribution in [0.4, 0.5) is 0 Å². The van der Waals surface area contributed by atoms with Crippen molar-refractivity contribution in [3.63, 3.8) is 0 Å². The number of allylic oxidation sites excluding steroid dienone is 2. The van der Waals surface area contributed by atoms with E-state index in [0.29, 0.717) is 0 Å². The second-order valence-corrected chi connectivity index (χ2v) is 12.5. The molecule has 0 aliphatic rings. The van der Waals surface area contributed by atoms with Crippen molar-refractivity contribution in [1.82, 2.24) is 0 Å². The van der Waals surface area contributed by atoms with Gasteiger partial charge in [0.25, 0.3) is 0 Å². The van der Waals surface area contributed by atoms with Crippen molar-refractivity contribution in [3.05, 3.63) is 22.5 Å². The Balaban J connectivity index is 4.56. The molecule has 0 rings (SSSR count). The largest absolute Gasteiger partial charge is 0.454 e. The van der Waals surface area contributed by atoms with E-state index in [4.69, 9.17) is 4.12 Å². The molecule has 136 valence electrons. The molecule has 2 unspecified atom stereocenters. The summed E-state index contributed by atoms with van der Waals surface area (Å²) in [7, 11) is -2.31. The van der Waals surface area contributed by atoms with Crippen molar-refractivity contribution in [3.8, 4) is 0 Å². The van der Waals surface area contributed by atoms with E-state index in [2.05, 4.69) is 52.9 Å². The van der Waals surface area contributed by atoms with E-state index in [0.717, 1.165) is 0 Å². The summed E-state index contributed by atoms with van der Waals surface area (Å²) in [4.78, 5) is 0. The van der Waals surface area contributed by atoms with E-state index in [-0.39, 0.29) is 0 Å². The first-order valence-electron chi connectivity index (χ1n) is 9.95. The van der Waals surface area contributed by atoms with Crippen LogP contribution in [-0.4, -0.2) is 18.1 Å². The van der Waals surface area contributed by atoms with Crippen LogP contribution >= 0.6 is 0 Å². The molecule has 0 saturated carbocycles. The van der Waals surface area contributed by atoms with Crippen LogP contribution in [0.2, 0.25) is 12.1 Å². The van der Waals surface area contributed by atoms with Crippen LogP contribution in [0.15, 0.2) is 22.5 Å². The molecule has 0 amide bonds. The molecular formula is C20H42OSi2. The molecule has 0 bridgehead atoms. The molecule has 1 nitrogen and oxygen atoms in total. The Morgan fingerprint density at radius 1 is 0.652 bits per heavy atom. The lowest BCUT2D eigenvalue weighted by molar-refractivity contribution is 0.577. The molecule has 0 aromatic rings. The molecule has 0 aliphatic carbocycles. The van der Waals surface area contributed by atoms with Gasteiger partial charge in [-0.05, 0) is 39.8 Å². The van der Waals surface area contributed by atoms with Crippen molar-refractivity contribution in [2.75, 3.05) is 0 Å². The fourth-order valence-electron chi connectivity index (χ4n) is 2.89. The third-order valence-electron chi connectivity index (χ3n) is 4.07. The van der Waals surface area contributed by atoms with Gasteiger partial charge in [0.05, 0.1) is 0 Å². The molecule has 0 spiro atoms. The molecule has 0 fully saturated rings. The summed E-state index contributed by atoms with van der Waals surface area (Å²) in [6, 6.07) is 2.67. The summed E-state index contributed by atoms with van der Waals surface area (Å²) < 4.78 is 6.76. The molecule has 0 heterocycles. The minimum Gasteiger partial charge on any atom is -0.454 e. The van der Waals surface area contributed by atoms with Crippen molar-refractivity contribution in [2.45, 2.75) is 105 Å². The molecular weight excluding hydrogens is 312 g/mol. The summed E-state index contributed by atoms with van der Waals surface area (Å²) in [5.74, 6) is 0. The maximum atomic E-state index is 6.76. The van der Waals surface area contributed by atoms with Crippen molar-refractivity contribution in [1.29, 1.82) is 0 Å². The molecule has 0 aromatic heterocycles. The maximum absolute atomic E-state index is 6.76. The van der Waals surface area contributed by atoms with Crippen LogP contribution in [0.3, 0.4) is 0 Å². The van der Waals surface area contributed by atoms with E-state index in [1.165, 1.54) is 74.6 Å². The molecule has 0 aromatic carbocycles.